The summed E-state index contributed by atoms with van der Waals surface area (Å²) in [5, 5.41) is 6.45. The number of aromatic amines is 1. The minimum Gasteiger partial charge on any atom is -0.472 e. The van der Waals surface area contributed by atoms with E-state index in [0.29, 0.717) is 0 Å². The summed E-state index contributed by atoms with van der Waals surface area (Å²) in [7, 11) is 0. The van der Waals surface area contributed by atoms with Crippen LogP contribution in [-0.4, -0.2) is 10.2 Å². The second kappa shape index (κ2) is 8.10. The van der Waals surface area contributed by atoms with Crippen molar-refractivity contribution in [3.05, 3.63) is 42.1 Å². The summed E-state index contributed by atoms with van der Waals surface area (Å²) in [6, 6.07) is 3.83. The lowest BCUT2D eigenvalue weighted by Crippen LogP contribution is -1.65. The van der Waals surface area contributed by atoms with Gasteiger partial charge in [0.05, 0.1) is 12.5 Å². The van der Waals surface area contributed by atoms with E-state index in [1.807, 2.05) is 39.8 Å². The fraction of sp³-hybridized carbons (Fsp3) is 0.364. The van der Waals surface area contributed by atoms with Crippen molar-refractivity contribution in [1.29, 1.82) is 0 Å². The van der Waals surface area contributed by atoms with Crippen molar-refractivity contribution in [3.63, 3.8) is 0 Å². The molecule has 0 radical (unpaired) electrons. The third-order valence-corrected chi connectivity index (χ3v) is 1.30. The summed E-state index contributed by atoms with van der Waals surface area (Å²) in [6.45, 7) is 7.95. The SMILES string of the molecule is CC.Cc1ccn[nH]1.Cc1ccoc1. The molecule has 14 heavy (non-hydrogen) atoms. The Kier molecular flexibility index (Phi) is 7.23. The van der Waals surface area contributed by atoms with Crippen LogP contribution >= 0.6 is 0 Å². The summed E-state index contributed by atoms with van der Waals surface area (Å²) < 4.78 is 4.71. The summed E-state index contributed by atoms with van der Waals surface area (Å²) in [4.78, 5) is 0. The van der Waals surface area contributed by atoms with Gasteiger partial charge in [0.2, 0.25) is 0 Å². The van der Waals surface area contributed by atoms with Crippen LogP contribution in [0.4, 0.5) is 0 Å². The first-order chi connectivity index (χ1) is 6.79. The summed E-state index contributed by atoms with van der Waals surface area (Å²) in [5.74, 6) is 0. The van der Waals surface area contributed by atoms with E-state index in [0.717, 1.165) is 5.69 Å². The molecule has 2 heterocycles. The summed E-state index contributed by atoms with van der Waals surface area (Å²) >= 11 is 0. The van der Waals surface area contributed by atoms with Crippen molar-refractivity contribution in [2.75, 3.05) is 0 Å². The minimum absolute atomic E-state index is 1.11. The maximum absolute atomic E-state index is 4.71. The number of furan rings is 1. The van der Waals surface area contributed by atoms with Crippen molar-refractivity contribution in [1.82, 2.24) is 10.2 Å². The van der Waals surface area contributed by atoms with E-state index >= 15 is 0 Å². The van der Waals surface area contributed by atoms with Crippen molar-refractivity contribution >= 4 is 0 Å². The molecule has 0 aliphatic carbocycles. The predicted molar refractivity (Wildman–Crippen MR) is 58.1 cm³/mol. The zero-order chi connectivity index (χ0) is 10.8. The Hall–Kier alpha value is -1.51. The number of H-pyrrole nitrogens is 1. The Morgan fingerprint density at radius 2 is 1.93 bits per heavy atom. The molecule has 0 aliphatic rings. The van der Waals surface area contributed by atoms with Gasteiger partial charge in [-0.15, -0.1) is 0 Å². The lowest BCUT2D eigenvalue weighted by molar-refractivity contribution is 0.565. The van der Waals surface area contributed by atoms with Crippen molar-refractivity contribution < 1.29 is 4.42 Å². The molecule has 3 heteroatoms. The van der Waals surface area contributed by atoms with Crippen LogP contribution in [0.2, 0.25) is 0 Å². The maximum atomic E-state index is 4.71. The number of aryl methyl sites for hydroxylation is 2. The third kappa shape index (κ3) is 6.06. The van der Waals surface area contributed by atoms with Gasteiger partial charge in [-0.25, -0.2) is 0 Å². The Bertz CT molecular complexity index is 253. The molecule has 2 aromatic rings. The van der Waals surface area contributed by atoms with Gasteiger partial charge in [0.1, 0.15) is 0 Å². The lowest BCUT2D eigenvalue weighted by atomic mass is 10.4. The van der Waals surface area contributed by atoms with E-state index in [9.17, 15) is 0 Å². The van der Waals surface area contributed by atoms with Crippen LogP contribution in [0.5, 0.6) is 0 Å². The minimum atomic E-state index is 1.11. The third-order valence-electron chi connectivity index (χ3n) is 1.30. The standard InChI is InChI=1S/C5H6O.C4H6N2.C2H6/c1-5-2-3-6-4-5;1-4-2-3-5-6-4;1-2/h2-4H,1H3;2-3H,1H3,(H,5,6);1-2H3. The molecule has 0 saturated heterocycles. The number of hydrogen-bond acceptors (Lipinski definition) is 2. The molecule has 0 aliphatic heterocycles. The van der Waals surface area contributed by atoms with Gasteiger partial charge in [-0.05, 0) is 31.5 Å². The van der Waals surface area contributed by atoms with Crippen LogP contribution < -0.4 is 0 Å². The molecular weight excluding hydrogens is 176 g/mol. The van der Waals surface area contributed by atoms with E-state index in [-0.39, 0.29) is 0 Å². The first kappa shape index (κ1) is 12.5. The van der Waals surface area contributed by atoms with E-state index in [4.69, 9.17) is 4.42 Å². The van der Waals surface area contributed by atoms with Crippen molar-refractivity contribution in [2.24, 2.45) is 0 Å². The molecule has 1 N–H and O–H groups in total. The molecule has 0 fully saturated rings. The van der Waals surface area contributed by atoms with Gasteiger partial charge < -0.3 is 4.42 Å². The first-order valence-electron chi connectivity index (χ1n) is 4.74. The normalized spacial score (nSPS) is 8.00. The van der Waals surface area contributed by atoms with Gasteiger partial charge in [-0.2, -0.15) is 5.10 Å². The highest BCUT2D eigenvalue weighted by Gasteiger charge is 1.76. The monoisotopic (exact) mass is 194 g/mol. The summed E-state index contributed by atoms with van der Waals surface area (Å²) in [6.07, 6.45) is 5.10. The molecule has 0 saturated carbocycles. The molecule has 3 nitrogen and oxygen atoms in total. The highest BCUT2D eigenvalue weighted by Crippen LogP contribution is 1.93. The van der Waals surface area contributed by atoms with Crippen LogP contribution in [0.3, 0.4) is 0 Å². The van der Waals surface area contributed by atoms with Gasteiger partial charge in [0.15, 0.2) is 0 Å². The van der Waals surface area contributed by atoms with Crippen LogP contribution in [-0.2, 0) is 0 Å². The Morgan fingerprint density at radius 3 is 2.07 bits per heavy atom. The molecule has 2 rings (SSSR count). The zero-order valence-electron chi connectivity index (χ0n) is 9.24. The van der Waals surface area contributed by atoms with Crippen LogP contribution in [0.25, 0.3) is 0 Å². The fourth-order valence-electron chi connectivity index (χ4n) is 0.658. The van der Waals surface area contributed by atoms with Gasteiger partial charge in [0.25, 0.3) is 0 Å². The highest BCUT2D eigenvalue weighted by atomic mass is 16.3. The van der Waals surface area contributed by atoms with Crippen molar-refractivity contribution in [2.45, 2.75) is 27.7 Å². The van der Waals surface area contributed by atoms with Gasteiger partial charge in [-0.1, -0.05) is 13.8 Å². The average Bonchev–Trinajstić information content (AvgIpc) is 2.83. The molecule has 0 bridgehead atoms. The largest absolute Gasteiger partial charge is 0.472 e. The molecule has 0 amide bonds. The zero-order valence-corrected chi connectivity index (χ0v) is 9.24. The number of rotatable bonds is 0. The van der Waals surface area contributed by atoms with E-state index in [1.54, 1.807) is 18.7 Å². The van der Waals surface area contributed by atoms with Crippen LogP contribution in [0.15, 0.2) is 35.3 Å². The molecule has 2 aromatic heterocycles. The molecule has 78 valence electrons. The van der Waals surface area contributed by atoms with Crippen LogP contribution in [0.1, 0.15) is 25.1 Å². The molecule has 0 spiro atoms. The second-order valence-electron chi connectivity index (χ2n) is 2.54. The molecule has 0 atom stereocenters. The van der Waals surface area contributed by atoms with Gasteiger partial charge >= 0.3 is 0 Å². The average molecular weight is 194 g/mol. The number of hydrogen-bond donors (Lipinski definition) is 1. The highest BCUT2D eigenvalue weighted by molar-refractivity contribution is 5.00. The topological polar surface area (TPSA) is 41.8 Å². The number of nitrogens with zero attached hydrogens (tertiary/aromatic N) is 1. The number of aromatic nitrogens is 2. The fourth-order valence-corrected chi connectivity index (χ4v) is 0.658. The van der Waals surface area contributed by atoms with E-state index in [2.05, 4.69) is 10.2 Å². The van der Waals surface area contributed by atoms with Crippen LogP contribution in [0, 0.1) is 13.8 Å². The second-order valence-corrected chi connectivity index (χ2v) is 2.54. The molecular formula is C11H18N2O. The predicted octanol–water partition coefficient (Wildman–Crippen LogP) is 3.33. The smallest absolute Gasteiger partial charge is 0.0931 e. The van der Waals surface area contributed by atoms with E-state index < -0.39 is 0 Å². The maximum Gasteiger partial charge on any atom is 0.0931 e. The Labute approximate surface area is 85.2 Å². The lowest BCUT2D eigenvalue weighted by Gasteiger charge is -1.68. The molecule has 0 unspecified atom stereocenters. The first-order valence-corrected chi connectivity index (χ1v) is 4.74. The molecule has 0 aromatic carbocycles. The van der Waals surface area contributed by atoms with Crippen molar-refractivity contribution in [3.8, 4) is 0 Å². The quantitative estimate of drug-likeness (QED) is 0.699. The number of nitrogens with one attached hydrogen (secondary N) is 1. The van der Waals surface area contributed by atoms with Gasteiger partial charge in [-0.3, -0.25) is 5.10 Å². The summed E-state index contributed by atoms with van der Waals surface area (Å²) in [5.41, 5.74) is 2.28. The van der Waals surface area contributed by atoms with E-state index in [1.165, 1.54) is 5.56 Å². The van der Waals surface area contributed by atoms with Gasteiger partial charge in [0, 0.05) is 11.9 Å². The Morgan fingerprint density at radius 1 is 1.21 bits per heavy atom. The Balaban J connectivity index is 0.000000206.